The quantitative estimate of drug-likeness (QED) is 0.462. The van der Waals surface area contributed by atoms with E-state index in [0.29, 0.717) is 18.7 Å². The Morgan fingerprint density at radius 3 is 2.32 bits per heavy atom. The summed E-state index contributed by atoms with van der Waals surface area (Å²) in [5.41, 5.74) is 8.78. The van der Waals surface area contributed by atoms with E-state index in [2.05, 4.69) is 22.4 Å². The third-order valence-corrected chi connectivity index (χ3v) is 4.21. The van der Waals surface area contributed by atoms with Gasteiger partial charge in [-0.1, -0.05) is 42.5 Å². The molecule has 1 amide bonds. The molecule has 0 radical (unpaired) electrons. The summed E-state index contributed by atoms with van der Waals surface area (Å²) in [6.07, 6.45) is 2.13. The number of amides is 1. The minimum Gasteiger partial charge on any atom is -0.493 e. The molecule has 0 aromatic heterocycles. The topological polar surface area (TPSA) is 76.7 Å². The Hall–Kier alpha value is -3.60. The fraction of sp³-hybridized carbons (Fsp3) is 0.130. The summed E-state index contributed by atoms with van der Waals surface area (Å²) < 4.78 is 5.77. The summed E-state index contributed by atoms with van der Waals surface area (Å²) in [6, 6.07) is 24.9. The van der Waals surface area contributed by atoms with Crippen LogP contribution in [0.25, 0.3) is 0 Å². The first-order valence-electron chi connectivity index (χ1n) is 9.12. The Morgan fingerprint density at radius 2 is 1.64 bits per heavy atom. The summed E-state index contributed by atoms with van der Waals surface area (Å²) in [5, 5.41) is 2.89. The zero-order chi connectivity index (χ0) is 19.6. The number of rotatable bonds is 8. The average Bonchev–Trinajstić information content (AvgIpc) is 2.74. The van der Waals surface area contributed by atoms with Gasteiger partial charge in [-0.15, -0.1) is 0 Å². The van der Waals surface area contributed by atoms with E-state index < -0.39 is 0 Å². The van der Waals surface area contributed by atoms with Crippen LogP contribution in [-0.2, 0) is 13.0 Å². The minimum atomic E-state index is -0.161. The lowest BCUT2D eigenvalue weighted by Crippen LogP contribution is -2.11. The molecule has 0 spiro atoms. The van der Waals surface area contributed by atoms with E-state index in [-0.39, 0.29) is 5.91 Å². The van der Waals surface area contributed by atoms with Crippen LogP contribution in [0.5, 0.6) is 5.75 Å². The first kappa shape index (κ1) is 19.2. The zero-order valence-corrected chi connectivity index (χ0v) is 15.5. The lowest BCUT2D eigenvalue weighted by atomic mass is 10.1. The number of hydrogen-bond donors (Lipinski definition) is 2. The fourth-order valence-corrected chi connectivity index (χ4v) is 2.69. The number of carbonyl (C=O) groups is 1. The first-order chi connectivity index (χ1) is 13.7. The summed E-state index contributed by atoms with van der Waals surface area (Å²) in [5.74, 6) is 0.616. The molecule has 0 atom stereocenters. The van der Waals surface area contributed by atoms with Crippen LogP contribution in [0.1, 0.15) is 21.5 Å². The van der Waals surface area contributed by atoms with Crippen molar-refractivity contribution in [3.8, 4) is 5.75 Å². The van der Waals surface area contributed by atoms with Gasteiger partial charge in [-0.2, -0.15) is 0 Å². The van der Waals surface area contributed by atoms with Crippen molar-refractivity contribution in [3.05, 3.63) is 95.6 Å². The van der Waals surface area contributed by atoms with Crippen LogP contribution < -0.4 is 15.8 Å². The van der Waals surface area contributed by atoms with Crippen molar-refractivity contribution in [3.63, 3.8) is 0 Å². The van der Waals surface area contributed by atoms with Gasteiger partial charge in [-0.05, 0) is 47.5 Å². The largest absolute Gasteiger partial charge is 0.493 e. The maximum atomic E-state index is 12.4. The molecule has 3 N–H and O–H groups in total. The predicted octanol–water partition coefficient (Wildman–Crippen LogP) is 4.05. The summed E-state index contributed by atoms with van der Waals surface area (Å²) >= 11 is 0. The van der Waals surface area contributed by atoms with Crippen LogP contribution in [-0.4, -0.2) is 18.9 Å². The lowest BCUT2D eigenvalue weighted by molar-refractivity contribution is 0.102. The van der Waals surface area contributed by atoms with Crippen molar-refractivity contribution in [2.45, 2.75) is 13.0 Å². The van der Waals surface area contributed by atoms with Gasteiger partial charge in [0.25, 0.3) is 5.91 Å². The number of anilines is 1. The molecule has 0 aliphatic heterocycles. The van der Waals surface area contributed by atoms with Gasteiger partial charge in [-0.3, -0.25) is 9.79 Å². The third kappa shape index (κ3) is 5.71. The van der Waals surface area contributed by atoms with Crippen molar-refractivity contribution in [1.82, 2.24) is 0 Å². The van der Waals surface area contributed by atoms with Gasteiger partial charge >= 0.3 is 0 Å². The Labute approximate surface area is 164 Å². The highest BCUT2D eigenvalue weighted by Crippen LogP contribution is 2.17. The van der Waals surface area contributed by atoms with Crippen LogP contribution in [0, 0.1) is 0 Å². The van der Waals surface area contributed by atoms with Gasteiger partial charge in [0.15, 0.2) is 0 Å². The molecule has 3 rings (SSSR count). The number of carbonyl (C=O) groups excluding carboxylic acids is 1. The number of hydrogen-bond acceptors (Lipinski definition) is 3. The van der Waals surface area contributed by atoms with Crippen molar-refractivity contribution >= 4 is 17.9 Å². The van der Waals surface area contributed by atoms with E-state index in [1.807, 2.05) is 54.6 Å². The van der Waals surface area contributed by atoms with Gasteiger partial charge in [-0.25, -0.2) is 0 Å². The van der Waals surface area contributed by atoms with Gasteiger partial charge < -0.3 is 15.8 Å². The second-order valence-corrected chi connectivity index (χ2v) is 6.25. The van der Waals surface area contributed by atoms with Crippen LogP contribution in [0.15, 0.2) is 83.9 Å². The summed E-state index contributed by atoms with van der Waals surface area (Å²) in [4.78, 5) is 16.3. The van der Waals surface area contributed by atoms with E-state index in [0.717, 1.165) is 23.4 Å². The molecule has 3 aromatic carbocycles. The smallest absolute Gasteiger partial charge is 0.255 e. The van der Waals surface area contributed by atoms with E-state index in [9.17, 15) is 4.79 Å². The highest BCUT2D eigenvalue weighted by molar-refractivity contribution is 6.04. The molecule has 5 heteroatoms. The van der Waals surface area contributed by atoms with Crippen LogP contribution in [0.4, 0.5) is 5.69 Å². The van der Waals surface area contributed by atoms with Crippen LogP contribution in [0.3, 0.4) is 0 Å². The molecule has 142 valence electrons. The molecule has 0 saturated carbocycles. The molecule has 3 aromatic rings. The Morgan fingerprint density at radius 1 is 0.929 bits per heavy atom. The van der Waals surface area contributed by atoms with Crippen LogP contribution >= 0.6 is 0 Å². The van der Waals surface area contributed by atoms with E-state index in [4.69, 9.17) is 10.5 Å². The Bertz CT molecular complexity index is 905. The maximum absolute atomic E-state index is 12.4. The number of nitrogens with zero attached hydrogens (tertiary/aromatic N) is 1. The van der Waals surface area contributed by atoms with Crippen molar-refractivity contribution in [2.75, 3.05) is 11.9 Å². The Kier molecular flexibility index (Phi) is 6.79. The zero-order valence-electron chi connectivity index (χ0n) is 15.5. The molecule has 0 unspecified atom stereocenters. The normalized spacial score (nSPS) is 10.7. The molecule has 5 nitrogen and oxygen atoms in total. The predicted molar refractivity (Wildman–Crippen MR) is 113 cm³/mol. The second kappa shape index (κ2) is 9.92. The van der Waals surface area contributed by atoms with Crippen LogP contribution in [0.2, 0.25) is 0 Å². The highest BCUT2D eigenvalue weighted by atomic mass is 16.5. The molecular formula is C23H23N3O2. The number of benzene rings is 3. The van der Waals surface area contributed by atoms with Crippen molar-refractivity contribution in [2.24, 2.45) is 10.7 Å². The molecular weight excluding hydrogens is 350 g/mol. The molecule has 0 saturated heterocycles. The molecule has 0 fully saturated rings. The molecule has 0 aliphatic carbocycles. The SMILES string of the molecule is NC=NCc1ccc(C(=O)Nc2ccc(OCCc3ccccc3)cc2)cc1. The summed E-state index contributed by atoms with van der Waals surface area (Å²) in [7, 11) is 0. The number of nitrogens with two attached hydrogens (primary N) is 1. The van der Waals surface area contributed by atoms with E-state index in [1.165, 1.54) is 11.9 Å². The average molecular weight is 373 g/mol. The van der Waals surface area contributed by atoms with Gasteiger partial charge in [0, 0.05) is 17.7 Å². The van der Waals surface area contributed by atoms with Gasteiger partial charge in [0.05, 0.1) is 19.5 Å². The fourth-order valence-electron chi connectivity index (χ4n) is 2.69. The molecule has 0 bridgehead atoms. The Balaban J connectivity index is 1.50. The standard InChI is InChI=1S/C23H23N3O2/c24-17-25-16-19-6-8-20(9-7-19)23(27)26-21-10-12-22(13-11-21)28-15-14-18-4-2-1-3-5-18/h1-13,17H,14-16H2,(H2,24,25)(H,26,27). The molecule has 0 heterocycles. The maximum Gasteiger partial charge on any atom is 0.255 e. The minimum absolute atomic E-state index is 0.161. The van der Waals surface area contributed by atoms with E-state index >= 15 is 0 Å². The monoisotopic (exact) mass is 373 g/mol. The number of aliphatic imine (C=N–C) groups is 1. The summed E-state index contributed by atoms with van der Waals surface area (Å²) in [6.45, 7) is 1.11. The van der Waals surface area contributed by atoms with Crippen molar-refractivity contribution < 1.29 is 9.53 Å². The van der Waals surface area contributed by atoms with Gasteiger partial charge in [0.1, 0.15) is 5.75 Å². The van der Waals surface area contributed by atoms with Gasteiger partial charge in [0.2, 0.25) is 0 Å². The lowest BCUT2D eigenvalue weighted by Gasteiger charge is -2.09. The molecule has 28 heavy (non-hydrogen) atoms. The number of nitrogens with one attached hydrogen (secondary N) is 1. The van der Waals surface area contributed by atoms with Crippen molar-refractivity contribution in [1.29, 1.82) is 0 Å². The molecule has 0 aliphatic rings. The number of ether oxygens (including phenoxy) is 1. The third-order valence-electron chi connectivity index (χ3n) is 4.21. The highest BCUT2D eigenvalue weighted by Gasteiger charge is 2.06. The van der Waals surface area contributed by atoms with E-state index in [1.54, 1.807) is 12.1 Å². The second-order valence-electron chi connectivity index (χ2n) is 6.25. The first-order valence-corrected chi connectivity index (χ1v) is 9.12.